The number of fused-ring (bicyclic) bond motifs is 1. The van der Waals surface area contributed by atoms with E-state index in [9.17, 15) is 0 Å². The standard InChI is InChI=1S/C24H28N4O3/c1-4-31-20-7-5-6-17(12-20)15-28-11-10-21-18(16-28)14-25-24(26-21)27-22-9-8-19(29-2)13-23(22)30-3/h5-9,12-14H,4,10-11,15-16H2,1-3H3,(H,25,26,27). The van der Waals surface area contributed by atoms with E-state index in [2.05, 4.69) is 27.3 Å². The number of hydrogen-bond acceptors (Lipinski definition) is 7. The van der Waals surface area contributed by atoms with Crippen LogP contribution < -0.4 is 19.5 Å². The number of nitrogens with one attached hydrogen (secondary N) is 1. The van der Waals surface area contributed by atoms with Gasteiger partial charge in [0.05, 0.1) is 32.2 Å². The molecule has 1 aromatic heterocycles. The molecule has 0 spiro atoms. The third kappa shape index (κ3) is 5.06. The van der Waals surface area contributed by atoms with Crippen LogP contribution in [0.25, 0.3) is 0 Å². The van der Waals surface area contributed by atoms with Crippen molar-refractivity contribution in [2.75, 3.05) is 32.7 Å². The van der Waals surface area contributed by atoms with Crippen LogP contribution in [0.4, 0.5) is 11.6 Å². The van der Waals surface area contributed by atoms with Crippen LogP contribution in [0, 0.1) is 0 Å². The largest absolute Gasteiger partial charge is 0.497 e. The van der Waals surface area contributed by atoms with Gasteiger partial charge >= 0.3 is 0 Å². The van der Waals surface area contributed by atoms with Gasteiger partial charge < -0.3 is 19.5 Å². The number of methoxy groups -OCH3 is 2. The van der Waals surface area contributed by atoms with Crippen molar-refractivity contribution in [3.05, 3.63) is 65.5 Å². The highest BCUT2D eigenvalue weighted by molar-refractivity contribution is 5.64. The first-order valence-electron chi connectivity index (χ1n) is 10.5. The van der Waals surface area contributed by atoms with Gasteiger partial charge in [-0.15, -0.1) is 0 Å². The molecule has 4 rings (SSSR count). The number of aromatic nitrogens is 2. The molecule has 0 atom stereocenters. The molecular formula is C24H28N4O3. The second-order valence-corrected chi connectivity index (χ2v) is 7.40. The van der Waals surface area contributed by atoms with Crippen molar-refractivity contribution >= 4 is 11.6 Å². The van der Waals surface area contributed by atoms with Gasteiger partial charge in [0.1, 0.15) is 17.2 Å². The molecule has 7 nitrogen and oxygen atoms in total. The molecule has 0 saturated heterocycles. The van der Waals surface area contributed by atoms with Crippen LogP contribution in [-0.2, 0) is 19.5 Å². The fourth-order valence-corrected chi connectivity index (χ4v) is 3.75. The van der Waals surface area contributed by atoms with Gasteiger partial charge in [-0.05, 0) is 36.8 Å². The van der Waals surface area contributed by atoms with Crippen molar-refractivity contribution in [3.63, 3.8) is 0 Å². The normalized spacial score (nSPS) is 13.4. The maximum Gasteiger partial charge on any atom is 0.227 e. The van der Waals surface area contributed by atoms with Gasteiger partial charge in [0.15, 0.2) is 0 Å². The number of rotatable bonds is 8. The lowest BCUT2D eigenvalue weighted by Crippen LogP contribution is -2.31. The van der Waals surface area contributed by atoms with Crippen LogP contribution in [0.15, 0.2) is 48.7 Å². The Labute approximate surface area is 183 Å². The summed E-state index contributed by atoms with van der Waals surface area (Å²) in [5.41, 5.74) is 4.30. The Morgan fingerprint density at radius 2 is 1.97 bits per heavy atom. The molecule has 7 heteroatoms. The van der Waals surface area contributed by atoms with E-state index in [1.807, 2.05) is 43.5 Å². The molecule has 0 bridgehead atoms. The van der Waals surface area contributed by atoms with Crippen molar-refractivity contribution in [1.82, 2.24) is 14.9 Å². The predicted molar refractivity (Wildman–Crippen MR) is 120 cm³/mol. The molecule has 3 aromatic rings. The van der Waals surface area contributed by atoms with Gasteiger partial charge in [0.2, 0.25) is 5.95 Å². The Bertz CT molecular complexity index is 1040. The van der Waals surface area contributed by atoms with Gasteiger partial charge in [-0.1, -0.05) is 12.1 Å². The minimum atomic E-state index is 0.570. The van der Waals surface area contributed by atoms with Crippen LogP contribution in [0.5, 0.6) is 17.2 Å². The van der Waals surface area contributed by atoms with Gasteiger partial charge in [0.25, 0.3) is 0 Å². The zero-order valence-corrected chi connectivity index (χ0v) is 18.2. The Kier molecular flexibility index (Phi) is 6.52. The van der Waals surface area contributed by atoms with E-state index in [0.717, 1.165) is 48.9 Å². The minimum absolute atomic E-state index is 0.570. The molecule has 1 aliphatic rings. The van der Waals surface area contributed by atoms with Crippen LogP contribution in [0.1, 0.15) is 23.7 Å². The number of benzene rings is 2. The Balaban J connectivity index is 1.44. The monoisotopic (exact) mass is 420 g/mol. The number of ether oxygens (including phenoxy) is 3. The molecule has 1 aliphatic heterocycles. The maximum atomic E-state index is 5.62. The number of hydrogen-bond donors (Lipinski definition) is 1. The first-order chi connectivity index (χ1) is 15.2. The summed E-state index contributed by atoms with van der Waals surface area (Å²) in [5.74, 6) is 2.91. The zero-order chi connectivity index (χ0) is 21.6. The van der Waals surface area contributed by atoms with E-state index in [1.165, 1.54) is 11.1 Å². The van der Waals surface area contributed by atoms with Gasteiger partial charge in [-0.25, -0.2) is 9.97 Å². The zero-order valence-electron chi connectivity index (χ0n) is 18.2. The average molecular weight is 421 g/mol. The summed E-state index contributed by atoms with van der Waals surface area (Å²) in [6.45, 7) is 5.34. The summed E-state index contributed by atoms with van der Waals surface area (Å²) in [7, 11) is 3.26. The third-order valence-electron chi connectivity index (χ3n) is 5.28. The number of anilines is 2. The molecule has 0 amide bonds. The molecule has 0 radical (unpaired) electrons. The number of nitrogens with zero attached hydrogens (tertiary/aromatic N) is 3. The van der Waals surface area contributed by atoms with Crippen molar-refractivity contribution in [2.24, 2.45) is 0 Å². The van der Waals surface area contributed by atoms with Crippen LogP contribution >= 0.6 is 0 Å². The smallest absolute Gasteiger partial charge is 0.227 e. The summed E-state index contributed by atoms with van der Waals surface area (Å²) in [5, 5.41) is 3.26. The summed E-state index contributed by atoms with van der Waals surface area (Å²) in [6, 6.07) is 13.9. The molecule has 2 aromatic carbocycles. The first kappa shape index (κ1) is 20.9. The molecule has 31 heavy (non-hydrogen) atoms. The van der Waals surface area contributed by atoms with Crippen molar-refractivity contribution in [2.45, 2.75) is 26.4 Å². The minimum Gasteiger partial charge on any atom is -0.497 e. The summed E-state index contributed by atoms with van der Waals surface area (Å²) in [4.78, 5) is 11.7. The Morgan fingerprint density at radius 1 is 1.06 bits per heavy atom. The topological polar surface area (TPSA) is 68.7 Å². The lowest BCUT2D eigenvalue weighted by molar-refractivity contribution is 0.242. The van der Waals surface area contributed by atoms with Crippen molar-refractivity contribution in [3.8, 4) is 17.2 Å². The summed E-state index contributed by atoms with van der Waals surface area (Å²) in [6.07, 6.45) is 2.81. The van der Waals surface area contributed by atoms with Crippen LogP contribution in [0.2, 0.25) is 0 Å². The fourth-order valence-electron chi connectivity index (χ4n) is 3.75. The first-order valence-corrected chi connectivity index (χ1v) is 10.5. The van der Waals surface area contributed by atoms with Gasteiger partial charge in [-0.2, -0.15) is 0 Å². The highest BCUT2D eigenvalue weighted by Crippen LogP contribution is 2.31. The van der Waals surface area contributed by atoms with Crippen molar-refractivity contribution < 1.29 is 14.2 Å². The molecule has 0 saturated carbocycles. The third-order valence-corrected chi connectivity index (χ3v) is 5.28. The SMILES string of the molecule is CCOc1cccc(CN2CCc3nc(Nc4ccc(OC)cc4OC)ncc3C2)c1. The molecule has 0 unspecified atom stereocenters. The lowest BCUT2D eigenvalue weighted by Gasteiger charge is -2.28. The van der Waals surface area contributed by atoms with E-state index >= 15 is 0 Å². The highest BCUT2D eigenvalue weighted by atomic mass is 16.5. The second-order valence-electron chi connectivity index (χ2n) is 7.40. The maximum absolute atomic E-state index is 5.62. The second kappa shape index (κ2) is 9.66. The molecule has 0 aliphatic carbocycles. The van der Waals surface area contributed by atoms with E-state index in [4.69, 9.17) is 19.2 Å². The van der Waals surface area contributed by atoms with Gasteiger partial charge in [-0.3, -0.25) is 4.90 Å². The summed E-state index contributed by atoms with van der Waals surface area (Å²) < 4.78 is 16.3. The molecule has 2 heterocycles. The van der Waals surface area contributed by atoms with Gasteiger partial charge in [0, 0.05) is 43.9 Å². The van der Waals surface area contributed by atoms with Crippen LogP contribution in [0.3, 0.4) is 0 Å². The quantitative estimate of drug-likeness (QED) is 0.586. The van der Waals surface area contributed by atoms with E-state index in [1.54, 1.807) is 14.2 Å². The van der Waals surface area contributed by atoms with E-state index in [-0.39, 0.29) is 0 Å². The molecular weight excluding hydrogens is 392 g/mol. The fraction of sp³-hybridized carbons (Fsp3) is 0.333. The van der Waals surface area contributed by atoms with Crippen molar-refractivity contribution in [1.29, 1.82) is 0 Å². The average Bonchev–Trinajstić information content (AvgIpc) is 2.80. The van der Waals surface area contributed by atoms with E-state index in [0.29, 0.717) is 18.3 Å². The Morgan fingerprint density at radius 3 is 2.77 bits per heavy atom. The summed E-state index contributed by atoms with van der Waals surface area (Å²) >= 11 is 0. The molecule has 0 fully saturated rings. The van der Waals surface area contributed by atoms with E-state index < -0.39 is 0 Å². The predicted octanol–water partition coefficient (Wildman–Crippen LogP) is 4.19. The van der Waals surface area contributed by atoms with Crippen LogP contribution in [-0.4, -0.2) is 42.2 Å². The lowest BCUT2D eigenvalue weighted by atomic mass is 10.1. The Hall–Kier alpha value is -3.32. The molecule has 162 valence electrons. The highest BCUT2D eigenvalue weighted by Gasteiger charge is 2.19. The molecule has 1 N–H and O–H groups in total.